The SMILES string of the molecule is [N-]=[N+]=NCC1CN=C(N)N1CC1CC1. The standard InChI is InChI=1S/C8H14N6/c9-8-11-3-7(4-12-13-10)14(8)5-6-1-2-6/h6-7H,1-5H2,(H2,9,11). The summed E-state index contributed by atoms with van der Waals surface area (Å²) in [6.07, 6.45) is 2.58. The highest BCUT2D eigenvalue weighted by atomic mass is 15.3. The molecule has 2 aliphatic rings. The minimum Gasteiger partial charge on any atom is -0.370 e. The molecule has 1 fully saturated rings. The maximum atomic E-state index is 8.24. The second kappa shape index (κ2) is 3.75. The van der Waals surface area contributed by atoms with Gasteiger partial charge in [0.25, 0.3) is 0 Å². The van der Waals surface area contributed by atoms with Crippen LogP contribution < -0.4 is 5.73 Å². The van der Waals surface area contributed by atoms with Crippen LogP contribution in [0.2, 0.25) is 0 Å². The third-order valence-electron chi connectivity index (χ3n) is 2.71. The smallest absolute Gasteiger partial charge is 0.191 e. The van der Waals surface area contributed by atoms with E-state index in [4.69, 9.17) is 11.3 Å². The van der Waals surface area contributed by atoms with Crippen molar-refractivity contribution in [3.63, 3.8) is 0 Å². The molecule has 0 bridgehead atoms. The molecule has 0 aromatic carbocycles. The summed E-state index contributed by atoms with van der Waals surface area (Å²) < 4.78 is 0. The van der Waals surface area contributed by atoms with E-state index in [1.54, 1.807) is 0 Å². The minimum atomic E-state index is 0.187. The quantitative estimate of drug-likeness (QED) is 0.405. The molecule has 1 aliphatic carbocycles. The van der Waals surface area contributed by atoms with Gasteiger partial charge in [-0.1, -0.05) is 5.11 Å². The fourth-order valence-corrected chi connectivity index (χ4v) is 1.68. The van der Waals surface area contributed by atoms with Gasteiger partial charge >= 0.3 is 0 Å². The molecule has 1 aliphatic heterocycles. The summed E-state index contributed by atoms with van der Waals surface area (Å²) >= 11 is 0. The Morgan fingerprint density at radius 3 is 3.07 bits per heavy atom. The highest BCUT2D eigenvalue weighted by Gasteiger charge is 2.31. The van der Waals surface area contributed by atoms with Gasteiger partial charge in [0.2, 0.25) is 0 Å². The van der Waals surface area contributed by atoms with E-state index in [0.717, 1.165) is 12.5 Å². The number of nitrogens with two attached hydrogens (primary N) is 1. The molecule has 6 nitrogen and oxygen atoms in total. The maximum Gasteiger partial charge on any atom is 0.191 e. The fourth-order valence-electron chi connectivity index (χ4n) is 1.68. The average molecular weight is 194 g/mol. The van der Waals surface area contributed by atoms with Crippen molar-refractivity contribution >= 4 is 5.96 Å². The molecular formula is C8H14N6. The Bertz CT molecular complexity index is 288. The van der Waals surface area contributed by atoms with Gasteiger partial charge in [-0.25, -0.2) is 0 Å². The van der Waals surface area contributed by atoms with Crippen molar-refractivity contribution in [1.82, 2.24) is 4.90 Å². The molecule has 2 rings (SSSR count). The van der Waals surface area contributed by atoms with Crippen molar-refractivity contribution < 1.29 is 0 Å². The van der Waals surface area contributed by atoms with E-state index in [-0.39, 0.29) is 6.04 Å². The van der Waals surface area contributed by atoms with Crippen LogP contribution in [0.5, 0.6) is 0 Å². The lowest BCUT2D eigenvalue weighted by molar-refractivity contribution is 0.332. The Balaban J connectivity index is 1.92. The molecule has 76 valence electrons. The van der Waals surface area contributed by atoms with E-state index in [1.807, 2.05) is 0 Å². The lowest BCUT2D eigenvalue weighted by atomic mass is 10.2. The number of hydrogen-bond donors (Lipinski definition) is 1. The lowest BCUT2D eigenvalue weighted by Gasteiger charge is -2.24. The number of nitrogens with zero attached hydrogens (tertiary/aromatic N) is 5. The predicted molar refractivity (Wildman–Crippen MR) is 53.7 cm³/mol. The number of guanidine groups is 1. The van der Waals surface area contributed by atoms with Crippen LogP contribution in [-0.2, 0) is 0 Å². The Kier molecular flexibility index (Phi) is 2.45. The number of azide groups is 1. The fraction of sp³-hybridized carbons (Fsp3) is 0.875. The summed E-state index contributed by atoms with van der Waals surface area (Å²) in [6.45, 7) is 2.10. The van der Waals surface area contributed by atoms with Crippen molar-refractivity contribution in [2.45, 2.75) is 18.9 Å². The van der Waals surface area contributed by atoms with E-state index >= 15 is 0 Å². The molecular weight excluding hydrogens is 180 g/mol. The van der Waals surface area contributed by atoms with E-state index in [1.165, 1.54) is 12.8 Å². The van der Waals surface area contributed by atoms with Crippen LogP contribution in [0, 0.1) is 5.92 Å². The second-order valence-corrected chi connectivity index (χ2v) is 3.86. The summed E-state index contributed by atoms with van der Waals surface area (Å²) in [4.78, 5) is 9.01. The molecule has 1 saturated carbocycles. The molecule has 0 spiro atoms. The van der Waals surface area contributed by atoms with Crippen LogP contribution in [0.4, 0.5) is 0 Å². The Morgan fingerprint density at radius 2 is 2.43 bits per heavy atom. The van der Waals surface area contributed by atoms with Gasteiger partial charge in [-0.15, -0.1) is 0 Å². The van der Waals surface area contributed by atoms with Gasteiger partial charge in [0.15, 0.2) is 5.96 Å². The van der Waals surface area contributed by atoms with Gasteiger partial charge in [0, 0.05) is 18.0 Å². The van der Waals surface area contributed by atoms with Gasteiger partial charge in [-0.3, -0.25) is 4.99 Å². The molecule has 1 unspecified atom stereocenters. The van der Waals surface area contributed by atoms with Gasteiger partial charge in [0.1, 0.15) is 0 Å². The van der Waals surface area contributed by atoms with E-state index in [2.05, 4.69) is 19.9 Å². The number of hydrogen-bond acceptors (Lipinski definition) is 4. The van der Waals surface area contributed by atoms with Crippen LogP contribution >= 0.6 is 0 Å². The molecule has 1 heterocycles. The largest absolute Gasteiger partial charge is 0.370 e. The molecule has 1 atom stereocenters. The zero-order valence-electron chi connectivity index (χ0n) is 8.00. The van der Waals surface area contributed by atoms with Gasteiger partial charge in [-0.2, -0.15) is 0 Å². The summed E-state index contributed by atoms with van der Waals surface area (Å²) in [5.74, 6) is 1.38. The molecule has 14 heavy (non-hydrogen) atoms. The summed E-state index contributed by atoms with van der Waals surface area (Å²) in [7, 11) is 0. The molecule has 6 heteroatoms. The lowest BCUT2D eigenvalue weighted by Crippen LogP contribution is -2.43. The third kappa shape index (κ3) is 1.90. The zero-order valence-corrected chi connectivity index (χ0v) is 8.00. The molecule has 0 aromatic heterocycles. The van der Waals surface area contributed by atoms with Crippen molar-refractivity contribution in [3.05, 3.63) is 10.4 Å². The maximum absolute atomic E-state index is 8.24. The van der Waals surface area contributed by atoms with Gasteiger partial charge in [0.05, 0.1) is 12.6 Å². The normalized spacial score (nSPS) is 25.9. The molecule has 0 aromatic rings. The predicted octanol–water partition coefficient (Wildman–Crippen LogP) is 0.706. The molecule has 0 radical (unpaired) electrons. The first-order valence-corrected chi connectivity index (χ1v) is 4.88. The first kappa shape index (κ1) is 9.15. The van der Waals surface area contributed by atoms with E-state index < -0.39 is 0 Å². The number of aliphatic imine (C=N–C) groups is 1. The monoisotopic (exact) mass is 194 g/mol. The highest BCUT2D eigenvalue weighted by Crippen LogP contribution is 2.31. The van der Waals surface area contributed by atoms with Gasteiger partial charge < -0.3 is 10.6 Å². The van der Waals surface area contributed by atoms with Crippen LogP contribution in [-0.4, -0.2) is 36.5 Å². The number of rotatable bonds is 4. The molecule has 0 saturated heterocycles. The minimum absolute atomic E-state index is 0.187. The summed E-state index contributed by atoms with van der Waals surface area (Å²) in [5, 5.41) is 3.58. The average Bonchev–Trinajstić information content (AvgIpc) is 2.92. The van der Waals surface area contributed by atoms with Crippen LogP contribution in [0.1, 0.15) is 12.8 Å². The molecule has 2 N–H and O–H groups in total. The van der Waals surface area contributed by atoms with Crippen molar-refractivity contribution in [3.8, 4) is 0 Å². The first-order valence-electron chi connectivity index (χ1n) is 4.88. The zero-order chi connectivity index (χ0) is 9.97. The summed E-state index contributed by atoms with van der Waals surface area (Å²) in [5.41, 5.74) is 14.0. The van der Waals surface area contributed by atoms with Crippen LogP contribution in [0.3, 0.4) is 0 Å². The summed E-state index contributed by atoms with van der Waals surface area (Å²) in [6, 6.07) is 0.187. The van der Waals surface area contributed by atoms with E-state index in [0.29, 0.717) is 19.0 Å². The molecule has 0 amide bonds. The van der Waals surface area contributed by atoms with Gasteiger partial charge in [-0.05, 0) is 24.3 Å². The highest BCUT2D eigenvalue weighted by molar-refractivity contribution is 5.80. The second-order valence-electron chi connectivity index (χ2n) is 3.86. The Morgan fingerprint density at radius 1 is 1.64 bits per heavy atom. The van der Waals surface area contributed by atoms with Crippen molar-refractivity contribution in [2.24, 2.45) is 21.8 Å². The van der Waals surface area contributed by atoms with Crippen molar-refractivity contribution in [2.75, 3.05) is 19.6 Å². The third-order valence-corrected chi connectivity index (χ3v) is 2.71. The van der Waals surface area contributed by atoms with Crippen LogP contribution in [0.15, 0.2) is 10.1 Å². The topological polar surface area (TPSA) is 90.4 Å². The van der Waals surface area contributed by atoms with Crippen molar-refractivity contribution in [1.29, 1.82) is 0 Å². The Hall–Kier alpha value is -1.42. The first-order chi connectivity index (χ1) is 6.81. The van der Waals surface area contributed by atoms with E-state index in [9.17, 15) is 0 Å². The van der Waals surface area contributed by atoms with Crippen LogP contribution in [0.25, 0.3) is 10.4 Å². The Labute approximate surface area is 82.4 Å².